The first-order valence-corrected chi connectivity index (χ1v) is 4.33. The van der Waals surface area contributed by atoms with Crippen molar-refractivity contribution in [2.45, 2.75) is 6.92 Å². The molecule has 0 saturated heterocycles. The van der Waals surface area contributed by atoms with E-state index in [-0.39, 0.29) is 0 Å². The largest absolute Gasteiger partial charge is 0.366 e. The number of aromatic nitrogens is 2. The molecular formula is C10H11N3O. The maximum Gasteiger partial charge on any atom is 0.249 e. The molecule has 0 aliphatic carbocycles. The molecule has 1 aromatic carbocycles. The average Bonchev–Trinajstić information content (AvgIpc) is 2.43. The number of rotatable bonds is 1. The molecule has 1 heterocycles. The van der Waals surface area contributed by atoms with Crippen LogP contribution in [0.3, 0.4) is 0 Å². The molecule has 0 atom stereocenters. The molecule has 14 heavy (non-hydrogen) atoms. The lowest BCUT2D eigenvalue weighted by atomic mass is 10.1. The van der Waals surface area contributed by atoms with Gasteiger partial charge in [-0.1, -0.05) is 6.07 Å². The van der Waals surface area contributed by atoms with Crippen molar-refractivity contribution in [3.63, 3.8) is 0 Å². The fourth-order valence-electron chi connectivity index (χ4n) is 1.72. The molecule has 0 aliphatic heterocycles. The van der Waals surface area contributed by atoms with E-state index in [1.54, 1.807) is 10.7 Å². The van der Waals surface area contributed by atoms with Crippen molar-refractivity contribution in [2.75, 3.05) is 0 Å². The molecule has 1 amide bonds. The molecule has 1 aromatic heterocycles. The lowest BCUT2D eigenvalue weighted by Gasteiger charge is -1.98. The highest BCUT2D eigenvalue weighted by molar-refractivity contribution is 6.06. The van der Waals surface area contributed by atoms with Gasteiger partial charge in [-0.25, -0.2) is 0 Å². The summed E-state index contributed by atoms with van der Waals surface area (Å²) in [5, 5.41) is 5.09. The first-order valence-electron chi connectivity index (χ1n) is 4.33. The van der Waals surface area contributed by atoms with Crippen LogP contribution in [0.4, 0.5) is 0 Å². The van der Waals surface area contributed by atoms with Crippen LogP contribution in [0.25, 0.3) is 10.9 Å². The Labute approximate surface area is 81.3 Å². The van der Waals surface area contributed by atoms with Gasteiger partial charge in [-0.3, -0.25) is 9.48 Å². The van der Waals surface area contributed by atoms with Crippen molar-refractivity contribution < 1.29 is 4.79 Å². The summed E-state index contributed by atoms with van der Waals surface area (Å²) in [5.74, 6) is -0.410. The predicted molar refractivity (Wildman–Crippen MR) is 54.0 cm³/mol. The summed E-state index contributed by atoms with van der Waals surface area (Å²) >= 11 is 0. The Kier molecular flexibility index (Phi) is 1.77. The van der Waals surface area contributed by atoms with Gasteiger partial charge in [0.2, 0.25) is 5.91 Å². The highest BCUT2D eigenvalue weighted by Gasteiger charge is 2.12. The minimum absolute atomic E-state index is 0.410. The third kappa shape index (κ3) is 1.08. The summed E-state index contributed by atoms with van der Waals surface area (Å²) in [6.45, 7) is 1.87. The van der Waals surface area contributed by atoms with Gasteiger partial charge in [-0.2, -0.15) is 5.10 Å². The summed E-state index contributed by atoms with van der Waals surface area (Å²) in [6.07, 6.45) is 0. The average molecular weight is 189 g/mol. The summed E-state index contributed by atoms with van der Waals surface area (Å²) in [7, 11) is 1.85. The number of nitrogens with two attached hydrogens (primary N) is 1. The van der Waals surface area contributed by atoms with E-state index in [1.165, 1.54) is 0 Å². The van der Waals surface area contributed by atoms with Crippen LogP contribution < -0.4 is 5.73 Å². The SMILES string of the molecule is Cc1nn(C)c2cccc(C(N)=O)c12. The molecule has 2 N–H and O–H groups in total. The molecule has 0 unspecified atom stereocenters. The summed E-state index contributed by atoms with van der Waals surface area (Å²) in [6, 6.07) is 5.45. The zero-order chi connectivity index (χ0) is 10.3. The first-order chi connectivity index (χ1) is 6.61. The Balaban J connectivity index is 2.92. The monoisotopic (exact) mass is 189 g/mol. The molecule has 0 radical (unpaired) electrons. The second-order valence-corrected chi connectivity index (χ2v) is 3.27. The number of carbonyl (C=O) groups is 1. The van der Waals surface area contributed by atoms with E-state index in [0.717, 1.165) is 16.6 Å². The topological polar surface area (TPSA) is 60.9 Å². The number of nitrogens with zero attached hydrogens (tertiary/aromatic N) is 2. The van der Waals surface area contributed by atoms with Crippen LogP contribution in [0.5, 0.6) is 0 Å². The van der Waals surface area contributed by atoms with Crippen LogP contribution in [0, 0.1) is 6.92 Å². The maximum atomic E-state index is 11.2. The van der Waals surface area contributed by atoms with E-state index in [1.807, 2.05) is 26.1 Å². The Morgan fingerprint density at radius 1 is 1.50 bits per heavy atom. The molecule has 0 fully saturated rings. The Bertz CT molecular complexity index is 513. The Morgan fingerprint density at radius 2 is 2.21 bits per heavy atom. The van der Waals surface area contributed by atoms with E-state index in [0.29, 0.717) is 5.56 Å². The minimum atomic E-state index is -0.410. The highest BCUT2D eigenvalue weighted by atomic mass is 16.1. The van der Waals surface area contributed by atoms with E-state index >= 15 is 0 Å². The van der Waals surface area contributed by atoms with E-state index in [9.17, 15) is 4.79 Å². The van der Waals surface area contributed by atoms with Crippen molar-refractivity contribution in [1.29, 1.82) is 0 Å². The van der Waals surface area contributed by atoms with Crippen LogP contribution in [-0.2, 0) is 7.05 Å². The number of aryl methyl sites for hydroxylation is 2. The molecule has 4 nitrogen and oxygen atoms in total. The molecule has 0 bridgehead atoms. The van der Waals surface area contributed by atoms with Crippen LogP contribution >= 0.6 is 0 Å². The fraction of sp³-hybridized carbons (Fsp3) is 0.200. The third-order valence-corrected chi connectivity index (χ3v) is 2.32. The fourth-order valence-corrected chi connectivity index (χ4v) is 1.72. The maximum absolute atomic E-state index is 11.2. The van der Waals surface area contributed by atoms with Gasteiger partial charge in [0.25, 0.3) is 0 Å². The number of amides is 1. The number of primary amides is 1. The van der Waals surface area contributed by atoms with Crippen LogP contribution in [0.2, 0.25) is 0 Å². The van der Waals surface area contributed by atoms with Gasteiger partial charge in [0, 0.05) is 12.4 Å². The lowest BCUT2D eigenvalue weighted by Crippen LogP contribution is -2.11. The van der Waals surface area contributed by atoms with E-state index < -0.39 is 5.91 Å². The number of hydrogen-bond acceptors (Lipinski definition) is 2. The third-order valence-electron chi connectivity index (χ3n) is 2.32. The summed E-state index contributed by atoms with van der Waals surface area (Å²) in [5.41, 5.74) is 7.58. The molecule has 4 heteroatoms. The second-order valence-electron chi connectivity index (χ2n) is 3.27. The smallest absolute Gasteiger partial charge is 0.249 e. The van der Waals surface area contributed by atoms with Crippen LogP contribution in [0.15, 0.2) is 18.2 Å². The lowest BCUT2D eigenvalue weighted by molar-refractivity contribution is 0.100. The van der Waals surface area contributed by atoms with Gasteiger partial charge in [-0.05, 0) is 19.1 Å². The number of carbonyl (C=O) groups excluding carboxylic acids is 1. The Hall–Kier alpha value is -1.84. The summed E-state index contributed by atoms with van der Waals surface area (Å²) < 4.78 is 1.75. The molecule has 72 valence electrons. The van der Waals surface area contributed by atoms with Gasteiger partial charge in [0.1, 0.15) is 0 Å². The van der Waals surface area contributed by atoms with E-state index in [4.69, 9.17) is 5.73 Å². The zero-order valence-electron chi connectivity index (χ0n) is 8.11. The van der Waals surface area contributed by atoms with Crippen molar-refractivity contribution >= 4 is 16.8 Å². The highest BCUT2D eigenvalue weighted by Crippen LogP contribution is 2.21. The number of benzene rings is 1. The molecule has 0 saturated carbocycles. The number of fused-ring (bicyclic) bond motifs is 1. The number of hydrogen-bond donors (Lipinski definition) is 1. The molecule has 0 aliphatic rings. The van der Waals surface area contributed by atoms with Crippen molar-refractivity contribution in [3.8, 4) is 0 Å². The van der Waals surface area contributed by atoms with Crippen molar-refractivity contribution in [3.05, 3.63) is 29.5 Å². The predicted octanol–water partition coefficient (Wildman–Crippen LogP) is 0.981. The molecular weight excluding hydrogens is 178 g/mol. The van der Waals surface area contributed by atoms with Gasteiger partial charge >= 0.3 is 0 Å². The standard InChI is InChI=1S/C10H11N3O/c1-6-9-7(10(11)14)4-3-5-8(9)13(2)12-6/h3-5H,1-2H3,(H2,11,14). The van der Waals surface area contributed by atoms with Crippen LogP contribution in [0.1, 0.15) is 16.1 Å². The normalized spacial score (nSPS) is 10.7. The summed E-state index contributed by atoms with van der Waals surface area (Å²) in [4.78, 5) is 11.2. The van der Waals surface area contributed by atoms with Crippen molar-refractivity contribution in [1.82, 2.24) is 9.78 Å². The van der Waals surface area contributed by atoms with E-state index in [2.05, 4.69) is 5.10 Å². The second kappa shape index (κ2) is 2.83. The molecule has 2 aromatic rings. The molecule has 0 spiro atoms. The van der Waals surface area contributed by atoms with Gasteiger partial charge in [0.15, 0.2) is 0 Å². The first kappa shape index (κ1) is 8.74. The van der Waals surface area contributed by atoms with Gasteiger partial charge < -0.3 is 5.73 Å². The van der Waals surface area contributed by atoms with Gasteiger partial charge in [-0.15, -0.1) is 0 Å². The Morgan fingerprint density at radius 3 is 2.86 bits per heavy atom. The van der Waals surface area contributed by atoms with Gasteiger partial charge in [0.05, 0.1) is 16.8 Å². The zero-order valence-corrected chi connectivity index (χ0v) is 8.11. The molecule has 2 rings (SSSR count). The van der Waals surface area contributed by atoms with Crippen LogP contribution in [-0.4, -0.2) is 15.7 Å². The quantitative estimate of drug-likeness (QED) is 0.726. The minimum Gasteiger partial charge on any atom is -0.366 e. The van der Waals surface area contributed by atoms with Crippen molar-refractivity contribution in [2.24, 2.45) is 12.8 Å².